The van der Waals surface area contributed by atoms with E-state index in [9.17, 15) is 13.6 Å². The van der Waals surface area contributed by atoms with Crippen LogP contribution in [0.25, 0.3) is 0 Å². The fourth-order valence-corrected chi connectivity index (χ4v) is 2.78. The molecule has 0 N–H and O–H groups in total. The Morgan fingerprint density at radius 3 is 2.48 bits per heavy atom. The van der Waals surface area contributed by atoms with E-state index in [-0.39, 0.29) is 18.1 Å². The molecule has 0 radical (unpaired) electrons. The highest BCUT2D eigenvalue weighted by molar-refractivity contribution is 5.79. The van der Waals surface area contributed by atoms with Gasteiger partial charge in [0.15, 0.2) is 0 Å². The number of carbonyl (C=O) groups excluding carboxylic acids is 1. The lowest BCUT2D eigenvalue weighted by atomic mass is 9.99. The van der Waals surface area contributed by atoms with E-state index in [0.717, 1.165) is 12.0 Å². The SMILES string of the molecule is O=C(Cc1ccc(OC(F)F)cc1)N1CCc2ccccc2C1. The fourth-order valence-electron chi connectivity index (χ4n) is 2.78. The van der Waals surface area contributed by atoms with Gasteiger partial charge < -0.3 is 9.64 Å². The molecular weight excluding hydrogens is 300 g/mol. The van der Waals surface area contributed by atoms with Gasteiger partial charge >= 0.3 is 6.61 Å². The van der Waals surface area contributed by atoms with Crippen LogP contribution in [0.15, 0.2) is 48.5 Å². The molecule has 1 aliphatic rings. The summed E-state index contributed by atoms with van der Waals surface area (Å²) in [5.41, 5.74) is 3.27. The molecule has 1 amide bonds. The minimum absolute atomic E-state index is 0.0435. The number of fused-ring (bicyclic) bond motifs is 1. The first-order chi connectivity index (χ1) is 11.1. The zero-order chi connectivity index (χ0) is 16.2. The van der Waals surface area contributed by atoms with Crippen molar-refractivity contribution in [2.75, 3.05) is 6.54 Å². The van der Waals surface area contributed by atoms with Crippen LogP contribution in [0.1, 0.15) is 16.7 Å². The van der Waals surface area contributed by atoms with Crippen LogP contribution in [0, 0.1) is 0 Å². The Hall–Kier alpha value is -2.43. The second-order valence-electron chi connectivity index (χ2n) is 5.53. The minimum Gasteiger partial charge on any atom is -0.435 e. The van der Waals surface area contributed by atoms with E-state index < -0.39 is 6.61 Å². The van der Waals surface area contributed by atoms with E-state index in [4.69, 9.17) is 0 Å². The van der Waals surface area contributed by atoms with Crippen LogP contribution in [0.2, 0.25) is 0 Å². The van der Waals surface area contributed by atoms with Gasteiger partial charge in [0.25, 0.3) is 0 Å². The summed E-state index contributed by atoms with van der Waals surface area (Å²) in [5, 5.41) is 0. The van der Waals surface area contributed by atoms with Gasteiger partial charge in [-0.25, -0.2) is 0 Å². The number of hydrogen-bond donors (Lipinski definition) is 0. The van der Waals surface area contributed by atoms with E-state index in [1.54, 1.807) is 12.1 Å². The molecule has 0 spiro atoms. The Labute approximate surface area is 133 Å². The molecule has 23 heavy (non-hydrogen) atoms. The van der Waals surface area contributed by atoms with Gasteiger partial charge in [-0.3, -0.25) is 4.79 Å². The van der Waals surface area contributed by atoms with E-state index in [1.807, 2.05) is 23.1 Å². The van der Waals surface area contributed by atoms with Crippen molar-refractivity contribution in [3.05, 3.63) is 65.2 Å². The molecule has 1 heterocycles. The highest BCUT2D eigenvalue weighted by Gasteiger charge is 2.20. The fraction of sp³-hybridized carbons (Fsp3) is 0.278. The minimum atomic E-state index is -2.84. The standard InChI is InChI=1S/C18H17F2NO2/c19-18(20)23-16-7-5-13(6-8-16)11-17(22)21-10-9-14-3-1-2-4-15(14)12-21/h1-8,18H,9-12H2. The van der Waals surface area contributed by atoms with Gasteiger partial charge in [-0.1, -0.05) is 36.4 Å². The molecule has 1 aliphatic heterocycles. The smallest absolute Gasteiger partial charge is 0.387 e. The van der Waals surface area contributed by atoms with Gasteiger partial charge in [0.1, 0.15) is 5.75 Å². The van der Waals surface area contributed by atoms with E-state index >= 15 is 0 Å². The van der Waals surface area contributed by atoms with Crippen molar-refractivity contribution in [1.29, 1.82) is 0 Å². The summed E-state index contributed by atoms with van der Waals surface area (Å²) in [5.74, 6) is 0.144. The van der Waals surface area contributed by atoms with Crippen LogP contribution >= 0.6 is 0 Å². The molecule has 2 aromatic carbocycles. The van der Waals surface area contributed by atoms with Crippen molar-refractivity contribution in [2.45, 2.75) is 26.0 Å². The van der Waals surface area contributed by atoms with Gasteiger partial charge in [0.2, 0.25) is 5.91 Å². The van der Waals surface area contributed by atoms with Gasteiger partial charge in [-0.15, -0.1) is 0 Å². The number of nitrogens with zero attached hydrogens (tertiary/aromatic N) is 1. The maximum Gasteiger partial charge on any atom is 0.387 e. The molecule has 0 atom stereocenters. The Morgan fingerprint density at radius 2 is 1.78 bits per heavy atom. The van der Waals surface area contributed by atoms with Gasteiger partial charge in [-0.05, 0) is 35.2 Å². The lowest BCUT2D eigenvalue weighted by Gasteiger charge is -2.29. The number of halogens is 2. The quantitative estimate of drug-likeness (QED) is 0.865. The molecule has 2 aromatic rings. The third-order valence-electron chi connectivity index (χ3n) is 3.99. The highest BCUT2D eigenvalue weighted by atomic mass is 19.3. The lowest BCUT2D eigenvalue weighted by Crippen LogP contribution is -2.36. The molecule has 0 fully saturated rings. The Kier molecular flexibility index (Phi) is 4.55. The van der Waals surface area contributed by atoms with Crippen molar-refractivity contribution in [1.82, 2.24) is 4.90 Å². The van der Waals surface area contributed by atoms with Crippen LogP contribution < -0.4 is 4.74 Å². The molecule has 5 heteroatoms. The Morgan fingerprint density at radius 1 is 1.09 bits per heavy atom. The molecule has 3 rings (SSSR count). The number of rotatable bonds is 4. The molecule has 0 unspecified atom stereocenters. The summed E-state index contributed by atoms with van der Waals surface area (Å²) in [4.78, 5) is 14.3. The molecular formula is C18H17F2NO2. The largest absolute Gasteiger partial charge is 0.435 e. The second-order valence-corrected chi connectivity index (χ2v) is 5.53. The topological polar surface area (TPSA) is 29.5 Å². The van der Waals surface area contributed by atoms with E-state index in [2.05, 4.69) is 10.8 Å². The molecule has 0 saturated heterocycles. The van der Waals surface area contributed by atoms with Crippen LogP contribution in [0.5, 0.6) is 5.75 Å². The summed E-state index contributed by atoms with van der Waals surface area (Å²) in [7, 11) is 0. The summed E-state index contributed by atoms with van der Waals surface area (Å²) in [6.45, 7) is -1.50. The monoisotopic (exact) mass is 317 g/mol. The van der Waals surface area contributed by atoms with Crippen molar-refractivity contribution < 1.29 is 18.3 Å². The van der Waals surface area contributed by atoms with Crippen LogP contribution in [-0.4, -0.2) is 24.0 Å². The van der Waals surface area contributed by atoms with Crippen molar-refractivity contribution in [3.8, 4) is 5.75 Å². The molecule has 3 nitrogen and oxygen atoms in total. The van der Waals surface area contributed by atoms with Crippen molar-refractivity contribution in [2.24, 2.45) is 0 Å². The predicted molar refractivity (Wildman–Crippen MR) is 82.3 cm³/mol. The molecule has 120 valence electrons. The summed E-state index contributed by atoms with van der Waals surface area (Å²) < 4.78 is 28.5. The number of alkyl halides is 2. The lowest BCUT2D eigenvalue weighted by molar-refractivity contribution is -0.131. The molecule has 0 aliphatic carbocycles. The number of ether oxygens (including phenoxy) is 1. The zero-order valence-corrected chi connectivity index (χ0v) is 12.5. The van der Waals surface area contributed by atoms with Gasteiger partial charge in [0.05, 0.1) is 6.42 Å². The molecule has 0 aromatic heterocycles. The van der Waals surface area contributed by atoms with Gasteiger partial charge in [0, 0.05) is 13.1 Å². The number of amides is 1. The normalized spacial score (nSPS) is 13.8. The number of benzene rings is 2. The first kappa shape index (κ1) is 15.5. The number of carbonyl (C=O) groups is 1. The first-order valence-electron chi connectivity index (χ1n) is 7.50. The third-order valence-corrected chi connectivity index (χ3v) is 3.99. The van der Waals surface area contributed by atoms with E-state index in [1.165, 1.54) is 23.3 Å². The zero-order valence-electron chi connectivity index (χ0n) is 12.5. The van der Waals surface area contributed by atoms with Crippen molar-refractivity contribution >= 4 is 5.91 Å². The van der Waals surface area contributed by atoms with Crippen LogP contribution in [0.4, 0.5) is 8.78 Å². The number of hydrogen-bond acceptors (Lipinski definition) is 2. The highest BCUT2D eigenvalue weighted by Crippen LogP contribution is 2.20. The average molecular weight is 317 g/mol. The maximum atomic E-state index is 12.4. The Bertz CT molecular complexity index is 686. The third kappa shape index (κ3) is 3.86. The van der Waals surface area contributed by atoms with Crippen LogP contribution in [0.3, 0.4) is 0 Å². The van der Waals surface area contributed by atoms with Crippen LogP contribution in [-0.2, 0) is 24.2 Å². The summed E-state index contributed by atoms with van der Waals surface area (Å²) in [6, 6.07) is 14.3. The summed E-state index contributed by atoms with van der Waals surface area (Å²) >= 11 is 0. The maximum absolute atomic E-state index is 12.4. The molecule has 0 bridgehead atoms. The summed E-state index contributed by atoms with van der Waals surface area (Å²) in [6.07, 6.45) is 1.13. The van der Waals surface area contributed by atoms with Gasteiger partial charge in [-0.2, -0.15) is 8.78 Å². The Balaban J connectivity index is 1.61. The first-order valence-corrected chi connectivity index (χ1v) is 7.50. The van der Waals surface area contributed by atoms with Crippen molar-refractivity contribution in [3.63, 3.8) is 0 Å². The molecule has 0 saturated carbocycles. The second kappa shape index (κ2) is 6.77. The van der Waals surface area contributed by atoms with E-state index in [0.29, 0.717) is 13.1 Å². The average Bonchev–Trinajstić information content (AvgIpc) is 2.55. The predicted octanol–water partition coefficient (Wildman–Crippen LogP) is 3.42.